The SMILES string of the molecule is CNC(C#N)CCN1CCC2(CCCCC2)CC1. The Balaban J connectivity index is 1.71. The second kappa shape index (κ2) is 6.54. The third-order valence-electron chi connectivity index (χ3n) is 5.07. The molecule has 1 unspecified atom stereocenters. The second-order valence-corrected chi connectivity index (χ2v) is 6.16. The van der Waals surface area contributed by atoms with E-state index >= 15 is 0 Å². The van der Waals surface area contributed by atoms with Crippen molar-refractivity contribution in [3.8, 4) is 6.07 Å². The Labute approximate surface area is 112 Å². The van der Waals surface area contributed by atoms with Crippen LogP contribution in [0.4, 0.5) is 0 Å². The van der Waals surface area contributed by atoms with Gasteiger partial charge in [-0.25, -0.2) is 0 Å². The molecule has 1 N–H and O–H groups in total. The molecule has 0 bridgehead atoms. The van der Waals surface area contributed by atoms with Crippen molar-refractivity contribution in [3.05, 3.63) is 0 Å². The van der Waals surface area contributed by atoms with Crippen molar-refractivity contribution in [1.29, 1.82) is 5.26 Å². The summed E-state index contributed by atoms with van der Waals surface area (Å²) in [6.07, 6.45) is 11.0. The Morgan fingerprint density at radius 2 is 1.83 bits per heavy atom. The number of likely N-dealkylation sites (tertiary alicyclic amines) is 1. The minimum atomic E-state index is 0.0237. The van der Waals surface area contributed by atoms with E-state index in [1.54, 1.807) is 0 Å². The molecule has 0 aromatic heterocycles. The lowest BCUT2D eigenvalue weighted by atomic mass is 9.68. The van der Waals surface area contributed by atoms with E-state index in [1.807, 2.05) is 7.05 Å². The smallest absolute Gasteiger partial charge is 0.0962 e. The first kappa shape index (κ1) is 13.8. The second-order valence-electron chi connectivity index (χ2n) is 6.16. The van der Waals surface area contributed by atoms with E-state index in [4.69, 9.17) is 5.26 Å². The van der Waals surface area contributed by atoms with Crippen molar-refractivity contribution in [2.75, 3.05) is 26.7 Å². The molecular weight excluding hydrogens is 222 g/mol. The van der Waals surface area contributed by atoms with Crippen LogP contribution in [-0.2, 0) is 0 Å². The summed E-state index contributed by atoms with van der Waals surface area (Å²) in [5, 5.41) is 12.0. The summed E-state index contributed by atoms with van der Waals surface area (Å²) in [6.45, 7) is 3.58. The summed E-state index contributed by atoms with van der Waals surface area (Å²) >= 11 is 0. The number of hydrogen-bond donors (Lipinski definition) is 1. The minimum Gasteiger partial charge on any atom is -0.305 e. The van der Waals surface area contributed by atoms with Gasteiger partial charge in [0.1, 0.15) is 0 Å². The molecule has 1 heterocycles. The molecule has 1 saturated heterocycles. The predicted molar refractivity (Wildman–Crippen MR) is 74.3 cm³/mol. The van der Waals surface area contributed by atoms with Gasteiger partial charge in [0.15, 0.2) is 0 Å². The summed E-state index contributed by atoms with van der Waals surface area (Å²) in [5.74, 6) is 0. The van der Waals surface area contributed by atoms with E-state index < -0.39 is 0 Å². The van der Waals surface area contributed by atoms with Crippen molar-refractivity contribution >= 4 is 0 Å². The van der Waals surface area contributed by atoms with Crippen LogP contribution in [0.1, 0.15) is 51.4 Å². The lowest BCUT2D eigenvalue weighted by molar-refractivity contribution is 0.0667. The molecule has 3 nitrogen and oxygen atoms in total. The van der Waals surface area contributed by atoms with E-state index in [9.17, 15) is 0 Å². The number of rotatable bonds is 4. The Morgan fingerprint density at radius 1 is 1.17 bits per heavy atom. The van der Waals surface area contributed by atoms with Crippen LogP contribution in [-0.4, -0.2) is 37.6 Å². The Bertz CT molecular complexity index is 279. The van der Waals surface area contributed by atoms with Crippen LogP contribution in [0, 0.1) is 16.7 Å². The molecule has 1 atom stereocenters. The fraction of sp³-hybridized carbons (Fsp3) is 0.933. The van der Waals surface area contributed by atoms with E-state index in [-0.39, 0.29) is 6.04 Å². The third-order valence-corrected chi connectivity index (χ3v) is 5.07. The van der Waals surface area contributed by atoms with Gasteiger partial charge in [-0.05, 0) is 57.7 Å². The average molecular weight is 249 g/mol. The van der Waals surface area contributed by atoms with Crippen LogP contribution in [0.3, 0.4) is 0 Å². The van der Waals surface area contributed by atoms with Crippen molar-refractivity contribution < 1.29 is 0 Å². The van der Waals surface area contributed by atoms with Gasteiger partial charge in [-0.15, -0.1) is 0 Å². The van der Waals surface area contributed by atoms with Crippen LogP contribution in [0.5, 0.6) is 0 Å². The molecular formula is C15H27N3. The number of nitrogens with zero attached hydrogens (tertiary/aromatic N) is 2. The molecule has 2 rings (SSSR count). The third kappa shape index (κ3) is 3.46. The molecule has 2 fully saturated rings. The molecule has 1 aliphatic carbocycles. The van der Waals surface area contributed by atoms with Crippen molar-refractivity contribution in [1.82, 2.24) is 10.2 Å². The largest absolute Gasteiger partial charge is 0.305 e. The van der Waals surface area contributed by atoms with Crippen LogP contribution in [0.25, 0.3) is 0 Å². The maximum atomic E-state index is 8.92. The first-order valence-electron chi connectivity index (χ1n) is 7.57. The molecule has 3 heteroatoms. The lowest BCUT2D eigenvalue weighted by Gasteiger charge is -2.44. The minimum absolute atomic E-state index is 0.0237. The molecule has 0 aromatic rings. The number of nitrogens with one attached hydrogen (secondary N) is 1. The van der Waals surface area contributed by atoms with Crippen LogP contribution < -0.4 is 5.32 Å². The van der Waals surface area contributed by atoms with Gasteiger partial charge in [0, 0.05) is 6.54 Å². The van der Waals surface area contributed by atoms with Gasteiger partial charge < -0.3 is 10.2 Å². The summed E-state index contributed by atoms with van der Waals surface area (Å²) in [7, 11) is 1.88. The highest BCUT2D eigenvalue weighted by molar-refractivity contribution is 4.91. The fourth-order valence-electron chi connectivity index (χ4n) is 3.64. The zero-order valence-corrected chi connectivity index (χ0v) is 11.7. The maximum Gasteiger partial charge on any atom is 0.0962 e. The molecule has 0 aromatic carbocycles. The van der Waals surface area contributed by atoms with Gasteiger partial charge in [0.25, 0.3) is 0 Å². The lowest BCUT2D eigenvalue weighted by Crippen LogP contribution is -2.42. The standard InChI is InChI=1S/C15H27N3/c1-17-14(13-16)5-10-18-11-8-15(9-12-18)6-3-2-4-7-15/h14,17H,2-12H2,1H3. The summed E-state index contributed by atoms with van der Waals surface area (Å²) < 4.78 is 0. The van der Waals surface area contributed by atoms with Crippen molar-refractivity contribution in [2.24, 2.45) is 5.41 Å². The predicted octanol–water partition coefficient (Wildman–Crippen LogP) is 2.53. The van der Waals surface area contributed by atoms with E-state index in [0.717, 1.165) is 13.0 Å². The van der Waals surface area contributed by atoms with E-state index in [0.29, 0.717) is 5.41 Å². The van der Waals surface area contributed by atoms with E-state index in [2.05, 4.69) is 16.3 Å². The maximum absolute atomic E-state index is 8.92. The summed E-state index contributed by atoms with van der Waals surface area (Å²) in [6, 6.07) is 2.33. The Morgan fingerprint density at radius 3 is 2.39 bits per heavy atom. The van der Waals surface area contributed by atoms with Gasteiger partial charge in [-0.3, -0.25) is 0 Å². The summed E-state index contributed by atoms with van der Waals surface area (Å²) in [4.78, 5) is 2.56. The van der Waals surface area contributed by atoms with Gasteiger partial charge in [-0.1, -0.05) is 19.3 Å². The topological polar surface area (TPSA) is 39.1 Å². The van der Waals surface area contributed by atoms with Crippen LogP contribution in [0.15, 0.2) is 0 Å². The number of piperidine rings is 1. The zero-order valence-electron chi connectivity index (χ0n) is 11.7. The van der Waals surface area contributed by atoms with Gasteiger partial charge in [-0.2, -0.15) is 5.26 Å². The molecule has 0 radical (unpaired) electrons. The monoisotopic (exact) mass is 249 g/mol. The Kier molecular flexibility index (Phi) is 5.03. The van der Waals surface area contributed by atoms with E-state index in [1.165, 1.54) is 58.0 Å². The molecule has 102 valence electrons. The van der Waals surface area contributed by atoms with Gasteiger partial charge in [0.05, 0.1) is 12.1 Å². The number of hydrogen-bond acceptors (Lipinski definition) is 3. The highest BCUT2D eigenvalue weighted by Gasteiger charge is 2.35. The van der Waals surface area contributed by atoms with Crippen LogP contribution >= 0.6 is 0 Å². The highest BCUT2D eigenvalue weighted by Crippen LogP contribution is 2.44. The first-order valence-corrected chi connectivity index (χ1v) is 7.57. The molecule has 1 saturated carbocycles. The van der Waals surface area contributed by atoms with Crippen molar-refractivity contribution in [3.63, 3.8) is 0 Å². The zero-order chi connectivity index (χ0) is 12.8. The molecule has 0 amide bonds. The van der Waals surface area contributed by atoms with Gasteiger partial charge >= 0.3 is 0 Å². The molecule has 2 aliphatic rings. The first-order chi connectivity index (χ1) is 8.78. The van der Waals surface area contributed by atoms with Crippen molar-refractivity contribution in [2.45, 2.75) is 57.4 Å². The molecule has 18 heavy (non-hydrogen) atoms. The normalized spacial score (nSPS) is 25.8. The molecule has 1 aliphatic heterocycles. The van der Waals surface area contributed by atoms with Crippen LogP contribution in [0.2, 0.25) is 0 Å². The summed E-state index contributed by atoms with van der Waals surface area (Å²) in [5.41, 5.74) is 0.701. The Hall–Kier alpha value is -0.590. The highest BCUT2D eigenvalue weighted by atomic mass is 15.1. The number of nitriles is 1. The quantitative estimate of drug-likeness (QED) is 0.832. The average Bonchev–Trinajstić information content (AvgIpc) is 2.43. The fourth-order valence-corrected chi connectivity index (χ4v) is 3.64. The van der Waals surface area contributed by atoms with Gasteiger partial charge in [0.2, 0.25) is 0 Å². The molecule has 1 spiro atoms.